The normalized spacial score (nSPS) is 14.6. The van der Waals surface area contributed by atoms with Crippen LogP contribution in [0.5, 0.6) is 0 Å². The molecule has 0 spiro atoms. The molecule has 51 heavy (non-hydrogen) atoms. The van der Waals surface area contributed by atoms with E-state index in [2.05, 4.69) is 31.6 Å². The molecule has 286 valence electrons. The number of carboxylic acid groups (broad SMARTS) is 1. The second-order valence-electron chi connectivity index (χ2n) is 13.0. The highest BCUT2D eigenvalue weighted by molar-refractivity contribution is 5.96. The zero-order valence-electron chi connectivity index (χ0n) is 29.6. The van der Waals surface area contributed by atoms with Crippen molar-refractivity contribution in [2.24, 2.45) is 34.0 Å². The number of aliphatic hydroxyl groups is 2. The van der Waals surface area contributed by atoms with Crippen molar-refractivity contribution in [3.63, 3.8) is 0 Å². The fourth-order valence-corrected chi connectivity index (χ4v) is 4.90. The third-order valence-corrected chi connectivity index (χ3v) is 7.51. The van der Waals surface area contributed by atoms with Gasteiger partial charge in [-0.15, -0.1) is 0 Å². The van der Waals surface area contributed by atoms with E-state index in [0.717, 1.165) is 0 Å². The van der Waals surface area contributed by atoms with E-state index in [1.807, 2.05) is 13.8 Å². The predicted molar refractivity (Wildman–Crippen MR) is 188 cm³/mol. The first kappa shape index (κ1) is 44.2. The number of carboxylic acids is 1. The molecular weight excluding hydrogens is 666 g/mol. The van der Waals surface area contributed by atoms with Gasteiger partial charge in [0.2, 0.25) is 29.5 Å². The third kappa shape index (κ3) is 17.1. The number of nitrogens with zero attached hydrogens (tertiary/aromatic N) is 1. The Balaban J connectivity index is 3.11. The van der Waals surface area contributed by atoms with Crippen molar-refractivity contribution in [2.45, 2.75) is 96.1 Å². The molecule has 1 aromatic rings. The van der Waals surface area contributed by atoms with E-state index in [1.54, 1.807) is 44.2 Å². The number of aliphatic imine (C=N–C) groups is 1. The number of benzene rings is 1. The maximum Gasteiger partial charge on any atom is 0.326 e. The molecule has 5 amide bonds. The van der Waals surface area contributed by atoms with Crippen LogP contribution in [0, 0.1) is 11.8 Å². The molecular formula is C33H55N9O9. The average Bonchev–Trinajstić information content (AvgIpc) is 3.05. The molecule has 0 radical (unpaired) electrons. The van der Waals surface area contributed by atoms with Gasteiger partial charge in [-0.2, -0.15) is 0 Å². The molecule has 0 saturated carbocycles. The lowest BCUT2D eigenvalue weighted by Gasteiger charge is -2.27. The lowest BCUT2D eigenvalue weighted by Crippen LogP contribution is -2.60. The number of aliphatic carboxylic acids is 1. The van der Waals surface area contributed by atoms with Gasteiger partial charge in [-0.1, -0.05) is 58.0 Å². The Bertz CT molecular complexity index is 1320. The first-order chi connectivity index (χ1) is 24.0. The summed E-state index contributed by atoms with van der Waals surface area (Å²) in [6.45, 7) is 5.67. The molecule has 0 aromatic heterocycles. The highest BCUT2D eigenvalue weighted by atomic mass is 16.4. The number of guanidine groups is 1. The number of nitrogens with two attached hydrogens (primary N) is 3. The van der Waals surface area contributed by atoms with Gasteiger partial charge < -0.3 is 59.1 Å². The number of rotatable bonds is 23. The first-order valence-electron chi connectivity index (χ1n) is 16.8. The molecule has 0 fully saturated rings. The average molecular weight is 722 g/mol. The number of carbonyl (C=O) groups excluding carboxylic acids is 5. The zero-order valence-corrected chi connectivity index (χ0v) is 29.6. The summed E-state index contributed by atoms with van der Waals surface area (Å²) >= 11 is 0. The molecule has 0 heterocycles. The van der Waals surface area contributed by atoms with E-state index in [0.29, 0.717) is 12.0 Å². The van der Waals surface area contributed by atoms with Crippen molar-refractivity contribution in [1.82, 2.24) is 26.6 Å². The zero-order chi connectivity index (χ0) is 38.7. The Morgan fingerprint density at radius 2 is 1.12 bits per heavy atom. The van der Waals surface area contributed by atoms with Crippen LogP contribution in [0.3, 0.4) is 0 Å². The van der Waals surface area contributed by atoms with Crippen LogP contribution in [0.15, 0.2) is 35.3 Å². The van der Waals surface area contributed by atoms with Gasteiger partial charge in [0.25, 0.3) is 0 Å². The molecule has 18 heteroatoms. The standard InChI is InChI=1S/C33H55N9O9/c1-18(2)13-21(34)27(45)41-25(16-43)31(49)39-23(14-19(3)4)29(47)42-26(17-44)30(48)38-22(11-8-12-37-33(35)36)28(46)40-24(32(50)51)15-20-9-6-5-7-10-20/h5-7,9-10,18-19,21-26,43-44H,8,11-17,34H2,1-4H3,(H,38,48)(H,39,49)(H,40,46)(H,41,45)(H,42,47)(H,50,51)(H4,35,36,37)/t21-,22-,23-,24-,25-,26-/m0/s1. The summed E-state index contributed by atoms with van der Waals surface area (Å²) in [4.78, 5) is 81.4. The number of hydrogen-bond acceptors (Lipinski definition) is 10. The quantitative estimate of drug-likeness (QED) is 0.0310. The van der Waals surface area contributed by atoms with Gasteiger partial charge in [0, 0.05) is 13.0 Å². The van der Waals surface area contributed by atoms with E-state index >= 15 is 0 Å². The predicted octanol–water partition coefficient (Wildman–Crippen LogP) is -2.80. The van der Waals surface area contributed by atoms with E-state index in [9.17, 15) is 44.1 Å². The van der Waals surface area contributed by atoms with Crippen molar-refractivity contribution < 1.29 is 44.1 Å². The molecule has 0 aliphatic rings. The van der Waals surface area contributed by atoms with Crippen molar-refractivity contribution in [3.05, 3.63) is 35.9 Å². The number of amides is 5. The molecule has 0 aliphatic carbocycles. The summed E-state index contributed by atoms with van der Waals surface area (Å²) in [6.07, 6.45) is 0.515. The molecule has 14 N–H and O–H groups in total. The second-order valence-corrected chi connectivity index (χ2v) is 13.0. The summed E-state index contributed by atoms with van der Waals surface area (Å²) in [5.74, 6) is -5.78. The Hall–Kier alpha value is -4.81. The van der Waals surface area contributed by atoms with Crippen LogP contribution in [0.4, 0.5) is 0 Å². The fourth-order valence-electron chi connectivity index (χ4n) is 4.90. The smallest absolute Gasteiger partial charge is 0.326 e. The van der Waals surface area contributed by atoms with Crippen molar-refractivity contribution in [2.75, 3.05) is 19.8 Å². The van der Waals surface area contributed by atoms with Crippen LogP contribution >= 0.6 is 0 Å². The van der Waals surface area contributed by atoms with E-state index in [4.69, 9.17) is 17.2 Å². The highest BCUT2D eigenvalue weighted by Gasteiger charge is 2.33. The molecule has 18 nitrogen and oxygen atoms in total. The molecule has 0 bridgehead atoms. The SMILES string of the molecule is CC(C)C[C@H](NC(=O)[C@H](CO)NC(=O)[C@@H](N)CC(C)C)C(=O)N[C@@H](CO)C(=O)N[C@@H](CCCN=C(N)N)C(=O)N[C@@H](Cc1ccccc1)C(=O)O. The largest absolute Gasteiger partial charge is 0.480 e. The molecule has 1 rings (SSSR count). The summed E-state index contributed by atoms with van der Waals surface area (Å²) in [6, 6.07) is 0.711. The topological polar surface area (TPSA) is 314 Å². The lowest BCUT2D eigenvalue weighted by molar-refractivity contribution is -0.142. The number of carbonyl (C=O) groups is 6. The Morgan fingerprint density at radius 3 is 1.61 bits per heavy atom. The van der Waals surface area contributed by atoms with Crippen LogP contribution in [0.1, 0.15) is 58.9 Å². The van der Waals surface area contributed by atoms with Crippen LogP contribution in [0.2, 0.25) is 0 Å². The Kier molecular flexibility index (Phi) is 19.8. The van der Waals surface area contributed by atoms with Gasteiger partial charge in [0.05, 0.1) is 19.3 Å². The first-order valence-corrected chi connectivity index (χ1v) is 16.8. The van der Waals surface area contributed by atoms with Gasteiger partial charge in [-0.3, -0.25) is 29.0 Å². The van der Waals surface area contributed by atoms with Gasteiger partial charge >= 0.3 is 5.97 Å². The minimum atomic E-state index is -1.60. The number of nitrogens with one attached hydrogen (secondary N) is 5. The summed E-state index contributed by atoms with van der Waals surface area (Å²) in [5, 5.41) is 41.7. The Labute approximate surface area is 297 Å². The highest BCUT2D eigenvalue weighted by Crippen LogP contribution is 2.09. The lowest BCUT2D eigenvalue weighted by atomic mass is 10.0. The summed E-state index contributed by atoms with van der Waals surface area (Å²) < 4.78 is 0. The molecule has 1 aromatic carbocycles. The van der Waals surface area contributed by atoms with Crippen LogP contribution in [0.25, 0.3) is 0 Å². The van der Waals surface area contributed by atoms with Crippen LogP contribution in [-0.4, -0.2) is 113 Å². The molecule has 0 saturated heterocycles. The molecule has 6 atom stereocenters. The van der Waals surface area contributed by atoms with Gasteiger partial charge in [-0.05, 0) is 43.1 Å². The van der Waals surface area contributed by atoms with Crippen molar-refractivity contribution in [3.8, 4) is 0 Å². The van der Waals surface area contributed by atoms with Gasteiger partial charge in [0.1, 0.15) is 30.2 Å². The van der Waals surface area contributed by atoms with Crippen LogP contribution in [-0.2, 0) is 35.2 Å². The molecule has 0 aliphatic heterocycles. The summed E-state index contributed by atoms with van der Waals surface area (Å²) in [5.41, 5.74) is 17.3. The van der Waals surface area contributed by atoms with E-state index in [1.165, 1.54) is 0 Å². The van der Waals surface area contributed by atoms with Crippen molar-refractivity contribution in [1.29, 1.82) is 0 Å². The van der Waals surface area contributed by atoms with Crippen molar-refractivity contribution >= 4 is 41.5 Å². The minimum Gasteiger partial charge on any atom is -0.480 e. The fraction of sp³-hybridized carbons (Fsp3) is 0.606. The monoisotopic (exact) mass is 721 g/mol. The maximum atomic E-state index is 13.4. The molecule has 0 unspecified atom stereocenters. The van der Waals surface area contributed by atoms with Crippen LogP contribution < -0.4 is 43.8 Å². The maximum absolute atomic E-state index is 13.4. The van der Waals surface area contributed by atoms with Gasteiger partial charge in [0.15, 0.2) is 5.96 Å². The number of hydrogen-bond donors (Lipinski definition) is 11. The van der Waals surface area contributed by atoms with E-state index in [-0.39, 0.29) is 50.0 Å². The minimum absolute atomic E-state index is 0.0412. The van der Waals surface area contributed by atoms with Gasteiger partial charge in [-0.25, -0.2) is 4.79 Å². The second kappa shape index (κ2) is 22.8. The summed E-state index contributed by atoms with van der Waals surface area (Å²) in [7, 11) is 0. The third-order valence-electron chi connectivity index (χ3n) is 7.51. The van der Waals surface area contributed by atoms with E-state index < -0.39 is 85.0 Å². The Morgan fingerprint density at radius 1 is 0.667 bits per heavy atom. The number of aliphatic hydroxyl groups excluding tert-OH is 2.